The Morgan fingerprint density at radius 1 is 1.17 bits per heavy atom. The number of amides is 1. The van der Waals surface area contributed by atoms with Crippen LogP contribution in [-0.2, 0) is 12.7 Å². The summed E-state index contributed by atoms with van der Waals surface area (Å²) in [4.78, 5) is 17.6. The molecule has 2 heterocycles. The molecule has 1 amide bonds. The van der Waals surface area contributed by atoms with E-state index in [1.54, 1.807) is 4.90 Å². The van der Waals surface area contributed by atoms with Crippen molar-refractivity contribution in [1.82, 2.24) is 10.3 Å². The molecule has 0 radical (unpaired) electrons. The number of benzene rings is 1. The molecule has 0 aliphatic carbocycles. The highest BCUT2D eigenvalue weighted by molar-refractivity contribution is 6.06. The van der Waals surface area contributed by atoms with Gasteiger partial charge in [-0.2, -0.15) is 13.2 Å². The normalized spacial score (nSPS) is 15.0. The summed E-state index contributed by atoms with van der Waals surface area (Å²) in [6, 6.07) is 9.45. The van der Waals surface area contributed by atoms with Gasteiger partial charge in [0.15, 0.2) is 0 Å². The third kappa shape index (κ3) is 3.19. The second kappa shape index (κ2) is 6.00. The zero-order valence-corrected chi connectivity index (χ0v) is 12.1. The molecule has 7 heteroatoms. The minimum atomic E-state index is -4.51. The predicted octanol–water partition coefficient (Wildman–Crippen LogP) is 2.85. The standard InChI is InChI=1S/C16H14F3N3O/c17-16(18,19)14-6-5-12(10-21-14)15(23)22-8-7-20-9-11-3-1-2-4-13(11)22/h1-6,10,20H,7-9H2. The van der Waals surface area contributed by atoms with E-state index >= 15 is 0 Å². The zero-order chi connectivity index (χ0) is 16.4. The van der Waals surface area contributed by atoms with E-state index in [-0.39, 0.29) is 11.5 Å². The smallest absolute Gasteiger partial charge is 0.311 e. The van der Waals surface area contributed by atoms with E-state index in [9.17, 15) is 18.0 Å². The van der Waals surface area contributed by atoms with Gasteiger partial charge < -0.3 is 10.2 Å². The number of rotatable bonds is 1. The molecular weight excluding hydrogens is 307 g/mol. The van der Waals surface area contributed by atoms with Crippen LogP contribution in [0.2, 0.25) is 0 Å². The summed E-state index contributed by atoms with van der Waals surface area (Å²) in [5, 5.41) is 3.21. The van der Waals surface area contributed by atoms with Gasteiger partial charge in [-0.05, 0) is 23.8 Å². The molecule has 0 unspecified atom stereocenters. The average Bonchev–Trinajstić information content (AvgIpc) is 2.76. The van der Waals surface area contributed by atoms with Gasteiger partial charge in [0.05, 0.1) is 5.56 Å². The molecule has 0 bridgehead atoms. The number of halogens is 3. The van der Waals surface area contributed by atoms with Crippen molar-refractivity contribution in [2.24, 2.45) is 0 Å². The third-order valence-corrected chi connectivity index (χ3v) is 3.66. The van der Waals surface area contributed by atoms with Crippen LogP contribution in [-0.4, -0.2) is 24.0 Å². The maximum atomic E-state index is 12.7. The molecule has 120 valence electrons. The van der Waals surface area contributed by atoms with Crippen LogP contribution in [0.5, 0.6) is 0 Å². The molecule has 1 N–H and O–H groups in total. The second-order valence-electron chi connectivity index (χ2n) is 5.19. The van der Waals surface area contributed by atoms with Crippen molar-refractivity contribution < 1.29 is 18.0 Å². The molecular formula is C16H14F3N3O. The van der Waals surface area contributed by atoms with E-state index in [0.29, 0.717) is 19.6 Å². The highest BCUT2D eigenvalue weighted by atomic mass is 19.4. The SMILES string of the molecule is O=C(c1ccc(C(F)(F)F)nc1)N1CCNCc2ccccc21. The zero-order valence-electron chi connectivity index (χ0n) is 12.1. The Labute approximate surface area is 130 Å². The van der Waals surface area contributed by atoms with E-state index in [2.05, 4.69) is 10.3 Å². The first-order chi connectivity index (χ1) is 11.0. The summed E-state index contributed by atoms with van der Waals surface area (Å²) in [5.41, 5.74) is 0.863. The first-order valence-electron chi connectivity index (χ1n) is 7.10. The summed E-state index contributed by atoms with van der Waals surface area (Å²) in [6.45, 7) is 1.69. The van der Waals surface area contributed by atoms with Crippen LogP contribution in [0.3, 0.4) is 0 Å². The molecule has 0 saturated carbocycles. The second-order valence-corrected chi connectivity index (χ2v) is 5.19. The number of alkyl halides is 3. The molecule has 4 nitrogen and oxygen atoms in total. The number of carbonyl (C=O) groups excluding carboxylic acids is 1. The van der Waals surface area contributed by atoms with Gasteiger partial charge in [0.25, 0.3) is 5.91 Å². The minimum absolute atomic E-state index is 0.134. The van der Waals surface area contributed by atoms with Crippen LogP contribution in [0.15, 0.2) is 42.6 Å². The van der Waals surface area contributed by atoms with E-state index in [4.69, 9.17) is 0 Å². The van der Waals surface area contributed by atoms with Crippen molar-refractivity contribution in [3.63, 3.8) is 0 Å². The van der Waals surface area contributed by atoms with Gasteiger partial charge in [0, 0.05) is 31.5 Å². The number of para-hydroxylation sites is 1. The Balaban J connectivity index is 1.91. The summed E-state index contributed by atoms with van der Waals surface area (Å²) in [6.07, 6.45) is -3.53. The highest BCUT2D eigenvalue weighted by Gasteiger charge is 2.32. The van der Waals surface area contributed by atoms with Gasteiger partial charge in [0.1, 0.15) is 5.69 Å². The van der Waals surface area contributed by atoms with Crippen molar-refractivity contribution in [3.8, 4) is 0 Å². The maximum Gasteiger partial charge on any atom is 0.433 e. The number of aromatic nitrogens is 1. The lowest BCUT2D eigenvalue weighted by atomic mass is 10.1. The van der Waals surface area contributed by atoms with Gasteiger partial charge in [0.2, 0.25) is 0 Å². The fourth-order valence-corrected chi connectivity index (χ4v) is 2.51. The van der Waals surface area contributed by atoms with Gasteiger partial charge in [-0.3, -0.25) is 9.78 Å². The van der Waals surface area contributed by atoms with Crippen molar-refractivity contribution in [1.29, 1.82) is 0 Å². The Morgan fingerprint density at radius 3 is 2.65 bits per heavy atom. The van der Waals surface area contributed by atoms with Crippen LogP contribution in [0.1, 0.15) is 21.6 Å². The Bertz CT molecular complexity index is 713. The van der Waals surface area contributed by atoms with Crippen LogP contribution < -0.4 is 10.2 Å². The number of nitrogens with zero attached hydrogens (tertiary/aromatic N) is 2. The number of carbonyl (C=O) groups is 1. The lowest BCUT2D eigenvalue weighted by Crippen LogP contribution is -2.34. The molecule has 0 saturated heterocycles. The molecule has 0 spiro atoms. The summed E-state index contributed by atoms with van der Waals surface area (Å²) < 4.78 is 37.7. The number of hydrogen-bond acceptors (Lipinski definition) is 3. The van der Waals surface area contributed by atoms with Gasteiger partial charge in [-0.15, -0.1) is 0 Å². The Kier molecular flexibility index (Phi) is 4.04. The van der Waals surface area contributed by atoms with Gasteiger partial charge in [-0.25, -0.2) is 0 Å². The molecule has 23 heavy (non-hydrogen) atoms. The molecule has 0 atom stereocenters. The van der Waals surface area contributed by atoms with E-state index in [1.165, 1.54) is 6.07 Å². The Hall–Kier alpha value is -2.41. The fraction of sp³-hybridized carbons (Fsp3) is 0.250. The average molecular weight is 321 g/mol. The molecule has 1 aliphatic rings. The van der Waals surface area contributed by atoms with Crippen LogP contribution in [0.25, 0.3) is 0 Å². The predicted molar refractivity (Wildman–Crippen MR) is 79.1 cm³/mol. The first-order valence-corrected chi connectivity index (χ1v) is 7.10. The lowest BCUT2D eigenvalue weighted by molar-refractivity contribution is -0.141. The largest absolute Gasteiger partial charge is 0.433 e. The topological polar surface area (TPSA) is 45.2 Å². The molecule has 1 aromatic heterocycles. The number of fused-ring (bicyclic) bond motifs is 1. The summed E-state index contributed by atoms with van der Waals surface area (Å²) >= 11 is 0. The quantitative estimate of drug-likeness (QED) is 0.878. The van der Waals surface area contributed by atoms with Crippen molar-refractivity contribution in [2.45, 2.75) is 12.7 Å². The highest BCUT2D eigenvalue weighted by Crippen LogP contribution is 2.28. The first kappa shape index (κ1) is 15.5. The number of anilines is 1. The van der Waals surface area contributed by atoms with E-state index in [0.717, 1.165) is 23.5 Å². The molecule has 3 rings (SSSR count). The lowest BCUT2D eigenvalue weighted by Gasteiger charge is -2.22. The van der Waals surface area contributed by atoms with E-state index in [1.807, 2.05) is 24.3 Å². The summed E-state index contributed by atoms with van der Waals surface area (Å²) in [7, 11) is 0. The van der Waals surface area contributed by atoms with Gasteiger partial charge in [-0.1, -0.05) is 18.2 Å². The van der Waals surface area contributed by atoms with Crippen LogP contribution in [0, 0.1) is 0 Å². The van der Waals surface area contributed by atoms with Crippen molar-refractivity contribution >= 4 is 11.6 Å². The summed E-state index contributed by atoms with van der Waals surface area (Å²) in [5.74, 6) is -0.359. The van der Waals surface area contributed by atoms with Crippen LogP contribution in [0.4, 0.5) is 18.9 Å². The number of hydrogen-bond donors (Lipinski definition) is 1. The minimum Gasteiger partial charge on any atom is -0.311 e. The Morgan fingerprint density at radius 2 is 1.96 bits per heavy atom. The number of pyridine rings is 1. The number of nitrogens with one attached hydrogen (secondary N) is 1. The maximum absolute atomic E-state index is 12.7. The van der Waals surface area contributed by atoms with E-state index < -0.39 is 11.9 Å². The molecule has 1 aliphatic heterocycles. The molecule has 1 aromatic carbocycles. The third-order valence-electron chi connectivity index (χ3n) is 3.66. The van der Waals surface area contributed by atoms with Crippen molar-refractivity contribution in [3.05, 3.63) is 59.4 Å². The van der Waals surface area contributed by atoms with Crippen molar-refractivity contribution in [2.75, 3.05) is 18.0 Å². The fourth-order valence-electron chi connectivity index (χ4n) is 2.51. The molecule has 2 aromatic rings. The molecule has 0 fully saturated rings. The van der Waals surface area contributed by atoms with Crippen LogP contribution >= 0.6 is 0 Å². The monoisotopic (exact) mass is 321 g/mol. The van der Waals surface area contributed by atoms with Gasteiger partial charge >= 0.3 is 6.18 Å².